The van der Waals surface area contributed by atoms with E-state index in [-0.39, 0.29) is 26.7 Å². The number of hydrogen-bond acceptors (Lipinski definition) is 11. The molecule has 1 saturated heterocycles. The van der Waals surface area contributed by atoms with E-state index in [4.69, 9.17) is 30.5 Å². The van der Waals surface area contributed by atoms with E-state index in [9.17, 15) is 32.8 Å². The fourth-order valence-electron chi connectivity index (χ4n) is 4.37. The highest BCUT2D eigenvalue weighted by Crippen LogP contribution is 2.43. The summed E-state index contributed by atoms with van der Waals surface area (Å²) >= 11 is 6.80. The van der Waals surface area contributed by atoms with Crippen LogP contribution in [0.5, 0.6) is 0 Å². The van der Waals surface area contributed by atoms with Crippen LogP contribution in [-0.4, -0.2) is 63.3 Å². The van der Waals surface area contributed by atoms with Crippen molar-refractivity contribution >= 4 is 41.3 Å². The Morgan fingerprint density at radius 2 is 1.64 bits per heavy atom. The first-order valence-electron chi connectivity index (χ1n) is 12.5. The molecule has 0 bridgehead atoms. The molecule has 1 aliphatic rings. The van der Waals surface area contributed by atoms with Crippen LogP contribution in [-0.2, 0) is 33.3 Å². The van der Waals surface area contributed by atoms with E-state index < -0.39 is 77.6 Å². The smallest absolute Gasteiger partial charge is 0.303 e. The summed E-state index contributed by atoms with van der Waals surface area (Å²) in [6.45, 7) is 2.78. The Morgan fingerprint density at radius 1 is 1.00 bits per heavy atom. The van der Waals surface area contributed by atoms with Gasteiger partial charge in [0.1, 0.15) is 41.8 Å². The minimum Gasteiger partial charge on any atom is -0.463 e. The molecule has 232 valence electrons. The molecule has 0 spiro atoms. The zero-order valence-electron chi connectivity index (χ0n) is 22.9. The number of carbonyl (C=O) groups excluding carboxylic acids is 3. The maximum atomic E-state index is 15.0. The van der Waals surface area contributed by atoms with Crippen LogP contribution >= 0.6 is 23.4 Å². The second-order valence-corrected chi connectivity index (χ2v) is 10.9. The van der Waals surface area contributed by atoms with Gasteiger partial charge in [0.25, 0.3) is 0 Å². The summed E-state index contributed by atoms with van der Waals surface area (Å²) < 4.78 is 79.8. The largest absolute Gasteiger partial charge is 0.463 e. The lowest BCUT2D eigenvalue weighted by Crippen LogP contribution is -2.57. The molecular weight excluding hydrogens is 636 g/mol. The highest BCUT2D eigenvalue weighted by molar-refractivity contribution is 7.99. The van der Waals surface area contributed by atoms with Crippen molar-refractivity contribution in [3.63, 3.8) is 0 Å². The second-order valence-electron chi connectivity index (χ2n) is 9.31. The molecule has 2 heterocycles. The molecule has 2 aromatic carbocycles. The Morgan fingerprint density at radius 3 is 2.23 bits per heavy atom. The van der Waals surface area contributed by atoms with Crippen molar-refractivity contribution in [3.05, 3.63) is 64.3 Å². The van der Waals surface area contributed by atoms with Crippen molar-refractivity contribution < 1.29 is 50.9 Å². The molecule has 3 aromatic rings. The molecule has 11 nitrogen and oxygen atoms in total. The van der Waals surface area contributed by atoms with Crippen molar-refractivity contribution in [3.8, 4) is 17.3 Å². The Bertz CT molecular complexity index is 1630. The van der Waals surface area contributed by atoms with Gasteiger partial charge in [-0.15, -0.1) is 5.10 Å². The predicted octanol–water partition coefficient (Wildman–Crippen LogP) is 4.51. The van der Waals surface area contributed by atoms with E-state index in [1.165, 1.54) is 6.20 Å². The first kappa shape index (κ1) is 32.7. The number of rotatable bonds is 8. The summed E-state index contributed by atoms with van der Waals surface area (Å²) in [6, 6.07) is 3.86. The van der Waals surface area contributed by atoms with Gasteiger partial charge in [-0.1, -0.05) is 28.6 Å². The molecule has 0 saturated carbocycles. The van der Waals surface area contributed by atoms with Crippen LogP contribution in [0.3, 0.4) is 0 Å². The van der Waals surface area contributed by atoms with Gasteiger partial charge in [0, 0.05) is 31.2 Å². The first-order chi connectivity index (χ1) is 20.8. The maximum absolute atomic E-state index is 15.0. The van der Waals surface area contributed by atoms with Crippen LogP contribution in [0.4, 0.5) is 17.6 Å². The summed E-state index contributed by atoms with van der Waals surface area (Å²) in [6.07, 6.45) is -2.92. The molecule has 0 radical (unpaired) electrons. The number of aromatic nitrogens is 3. The predicted molar refractivity (Wildman–Crippen MR) is 143 cm³/mol. The van der Waals surface area contributed by atoms with E-state index in [1.54, 1.807) is 6.07 Å². The SMILES string of the molecule is CC(=O)OCC1O[C@H](Sc2cc(Cl)c(C#N)cc2F)C(OC(C)=O)[C@@H](n2cc(-c3cc(F)c(F)c(F)c3)nn2)[C@H]1OC(C)=O. The van der Waals surface area contributed by atoms with Crippen LogP contribution in [0.15, 0.2) is 35.4 Å². The number of benzene rings is 2. The van der Waals surface area contributed by atoms with Crippen LogP contribution in [0.2, 0.25) is 5.02 Å². The van der Waals surface area contributed by atoms with E-state index in [0.29, 0.717) is 23.9 Å². The Hall–Kier alpha value is -4.20. The molecule has 0 N–H and O–H groups in total. The van der Waals surface area contributed by atoms with Gasteiger partial charge in [-0.2, -0.15) is 5.26 Å². The molecule has 0 amide bonds. The lowest BCUT2D eigenvalue weighted by atomic mass is 9.96. The molecule has 17 heteroatoms. The Labute approximate surface area is 255 Å². The van der Waals surface area contributed by atoms with Gasteiger partial charge in [0.15, 0.2) is 29.7 Å². The van der Waals surface area contributed by atoms with Gasteiger partial charge in [-0.25, -0.2) is 22.2 Å². The van der Waals surface area contributed by atoms with Gasteiger partial charge in [-0.05, 0) is 24.3 Å². The maximum Gasteiger partial charge on any atom is 0.303 e. The minimum absolute atomic E-state index is 0.0817. The summed E-state index contributed by atoms with van der Waals surface area (Å²) in [5.74, 6) is -7.91. The fourth-order valence-corrected chi connectivity index (χ4v) is 5.79. The fraction of sp³-hybridized carbons (Fsp3) is 0.333. The van der Waals surface area contributed by atoms with Crippen molar-refractivity contribution in [2.24, 2.45) is 0 Å². The van der Waals surface area contributed by atoms with Gasteiger partial charge in [0.05, 0.1) is 16.8 Å². The number of halogens is 5. The van der Waals surface area contributed by atoms with Crippen molar-refractivity contribution in [1.29, 1.82) is 5.26 Å². The lowest BCUT2D eigenvalue weighted by molar-refractivity contribution is -0.212. The van der Waals surface area contributed by atoms with Gasteiger partial charge >= 0.3 is 17.9 Å². The number of esters is 3. The van der Waals surface area contributed by atoms with Gasteiger partial charge < -0.3 is 18.9 Å². The average Bonchev–Trinajstić information content (AvgIpc) is 3.43. The molecule has 0 aliphatic carbocycles. The zero-order chi connectivity index (χ0) is 32.3. The molecule has 2 unspecified atom stereocenters. The third-order valence-electron chi connectivity index (χ3n) is 6.15. The first-order valence-corrected chi connectivity index (χ1v) is 13.8. The molecule has 1 aromatic heterocycles. The molecular formula is C27H21ClF4N4O7S. The Balaban J connectivity index is 1.85. The van der Waals surface area contributed by atoms with E-state index in [0.717, 1.165) is 37.6 Å². The van der Waals surface area contributed by atoms with E-state index in [2.05, 4.69) is 10.3 Å². The van der Waals surface area contributed by atoms with Crippen LogP contribution < -0.4 is 0 Å². The van der Waals surface area contributed by atoms with Gasteiger partial charge in [-0.3, -0.25) is 14.4 Å². The highest BCUT2D eigenvalue weighted by atomic mass is 35.5. The van der Waals surface area contributed by atoms with Gasteiger partial charge in [0.2, 0.25) is 0 Å². The quantitative estimate of drug-likeness (QED) is 0.146. The van der Waals surface area contributed by atoms with E-state index >= 15 is 4.39 Å². The third kappa shape index (κ3) is 7.29. The molecule has 44 heavy (non-hydrogen) atoms. The normalized spacial score (nSPS) is 21.3. The monoisotopic (exact) mass is 656 g/mol. The highest BCUT2D eigenvalue weighted by Gasteiger charge is 2.52. The standard InChI is InChI=1S/C27H21ClF4N4O7S/c1-11(37)40-10-21-25(41-12(2)38)24(36-9-20(34-35-36)14-4-18(30)23(32)19(31)5-14)26(42-13(3)39)27(43-21)44-22-7-16(28)15(8-33)6-17(22)29/h4-7,9,21,24-27H,10H2,1-3H3/t21?,24-,25-,26?,27+/m0/s1. The molecule has 1 aliphatic heterocycles. The molecule has 5 atom stereocenters. The number of thioether (sulfide) groups is 1. The summed E-state index contributed by atoms with van der Waals surface area (Å²) in [7, 11) is 0. The van der Waals surface area contributed by atoms with Crippen LogP contribution in [0, 0.1) is 34.6 Å². The van der Waals surface area contributed by atoms with E-state index in [1.807, 2.05) is 0 Å². The van der Waals surface area contributed by atoms with Crippen molar-refractivity contribution in [2.75, 3.05) is 6.61 Å². The number of ether oxygens (including phenoxy) is 4. The van der Waals surface area contributed by atoms with Crippen LogP contribution in [0.25, 0.3) is 11.3 Å². The lowest BCUT2D eigenvalue weighted by Gasteiger charge is -2.44. The average molecular weight is 657 g/mol. The number of nitriles is 1. The molecule has 4 rings (SSSR count). The summed E-state index contributed by atoms with van der Waals surface area (Å²) in [5, 5.41) is 17.0. The van der Waals surface area contributed by atoms with Crippen LogP contribution in [0.1, 0.15) is 32.4 Å². The number of hydrogen-bond donors (Lipinski definition) is 0. The third-order valence-corrected chi connectivity index (χ3v) is 7.64. The zero-order valence-corrected chi connectivity index (χ0v) is 24.5. The number of nitrogens with zero attached hydrogens (tertiary/aromatic N) is 4. The van der Waals surface area contributed by atoms with Crippen molar-refractivity contribution in [1.82, 2.24) is 15.0 Å². The molecule has 1 fully saturated rings. The van der Waals surface area contributed by atoms with Crippen molar-refractivity contribution in [2.45, 2.75) is 55.5 Å². The topological polar surface area (TPSA) is 143 Å². The Kier molecular flexibility index (Phi) is 10.1. The number of carbonyl (C=O) groups is 3. The second kappa shape index (κ2) is 13.6. The summed E-state index contributed by atoms with van der Waals surface area (Å²) in [4.78, 5) is 36.0. The summed E-state index contributed by atoms with van der Waals surface area (Å²) in [5.41, 5.74) is -1.81. The minimum atomic E-state index is -1.70.